The number of benzene rings is 1. The minimum Gasteiger partial charge on any atom is -0.271 e. The Labute approximate surface area is 123 Å². The summed E-state index contributed by atoms with van der Waals surface area (Å²) in [6.45, 7) is 0. The largest absolute Gasteiger partial charge is 0.271 e. The molecule has 0 radical (unpaired) electrons. The molecule has 0 amide bonds. The van der Waals surface area contributed by atoms with Crippen LogP contribution in [0.2, 0.25) is 0 Å². The summed E-state index contributed by atoms with van der Waals surface area (Å²) in [5, 5.41) is 4.15. The van der Waals surface area contributed by atoms with Gasteiger partial charge in [0.25, 0.3) is 0 Å². The molecule has 1 unspecified atom stereocenters. The predicted octanol–water partition coefficient (Wildman–Crippen LogP) is 2.62. The van der Waals surface area contributed by atoms with E-state index in [0.717, 1.165) is 10.2 Å². The quantitative estimate of drug-likeness (QED) is 0.497. The van der Waals surface area contributed by atoms with Gasteiger partial charge in [-0.3, -0.25) is 16.0 Å². The van der Waals surface area contributed by atoms with E-state index in [9.17, 15) is 4.39 Å². The fourth-order valence-electron chi connectivity index (χ4n) is 1.75. The summed E-state index contributed by atoms with van der Waals surface area (Å²) in [6, 6.07) is 6.58. The summed E-state index contributed by atoms with van der Waals surface area (Å²) in [5.74, 6) is 5.98. The second-order valence-corrected chi connectivity index (χ2v) is 5.88. The fourth-order valence-corrected chi connectivity index (χ4v) is 3.36. The maximum Gasteiger partial charge on any atom is 0.136 e. The van der Waals surface area contributed by atoms with Crippen molar-refractivity contribution in [3.63, 3.8) is 0 Å². The van der Waals surface area contributed by atoms with E-state index in [1.807, 2.05) is 13.1 Å². The first-order valence-corrected chi connectivity index (χ1v) is 7.42. The van der Waals surface area contributed by atoms with Gasteiger partial charge in [0.05, 0.1) is 22.4 Å². The molecule has 2 aromatic rings. The van der Waals surface area contributed by atoms with E-state index < -0.39 is 0 Å². The van der Waals surface area contributed by atoms with Crippen LogP contribution in [0.25, 0.3) is 0 Å². The average molecular weight is 345 g/mol. The highest BCUT2D eigenvalue weighted by atomic mass is 79.9. The molecule has 0 aliphatic heterocycles. The number of halogens is 2. The molecule has 0 spiro atoms. The zero-order valence-corrected chi connectivity index (χ0v) is 12.7. The van der Waals surface area contributed by atoms with Crippen molar-refractivity contribution in [2.45, 2.75) is 10.9 Å². The van der Waals surface area contributed by atoms with Crippen LogP contribution >= 0.6 is 27.7 Å². The molecular weight excluding hydrogens is 331 g/mol. The molecule has 1 atom stereocenters. The third-order valence-electron chi connectivity index (χ3n) is 2.71. The highest BCUT2D eigenvalue weighted by Gasteiger charge is 2.18. The normalized spacial score (nSPS) is 12.6. The molecule has 3 N–H and O–H groups in total. The number of nitrogens with zero attached hydrogens (tertiary/aromatic N) is 2. The number of rotatable bonds is 5. The van der Waals surface area contributed by atoms with Crippen LogP contribution in [0.1, 0.15) is 11.7 Å². The number of nitrogens with one attached hydrogen (secondary N) is 1. The van der Waals surface area contributed by atoms with Crippen molar-refractivity contribution in [1.82, 2.24) is 15.2 Å². The van der Waals surface area contributed by atoms with Crippen LogP contribution in [0.3, 0.4) is 0 Å². The molecule has 4 nitrogen and oxygen atoms in total. The molecule has 0 bridgehead atoms. The number of aryl methyl sites for hydroxylation is 1. The molecule has 0 aliphatic carbocycles. The van der Waals surface area contributed by atoms with E-state index >= 15 is 0 Å². The second-order valence-electron chi connectivity index (χ2n) is 3.96. The number of hydrogen-bond donors (Lipinski definition) is 2. The lowest BCUT2D eigenvalue weighted by Gasteiger charge is -2.16. The van der Waals surface area contributed by atoms with Crippen molar-refractivity contribution in [2.24, 2.45) is 12.9 Å². The number of hydrogen-bond acceptors (Lipinski definition) is 4. The van der Waals surface area contributed by atoms with Crippen molar-refractivity contribution in [1.29, 1.82) is 0 Å². The topological polar surface area (TPSA) is 55.9 Å². The van der Waals surface area contributed by atoms with Crippen molar-refractivity contribution >= 4 is 27.7 Å². The number of nitrogens with two attached hydrogens (primary N) is 1. The van der Waals surface area contributed by atoms with Crippen LogP contribution in [0.4, 0.5) is 4.39 Å². The molecule has 102 valence electrons. The molecular formula is C12H14BrFN4S. The molecule has 0 saturated carbocycles. The van der Waals surface area contributed by atoms with Gasteiger partial charge in [-0.05, 0) is 28.1 Å². The Kier molecular flexibility index (Phi) is 4.98. The summed E-state index contributed by atoms with van der Waals surface area (Å²) >= 11 is 4.85. The molecule has 0 saturated heterocycles. The molecule has 1 aromatic heterocycles. The lowest BCUT2D eigenvalue weighted by atomic mass is 10.2. The molecule has 1 aromatic carbocycles. The second kappa shape index (κ2) is 6.51. The summed E-state index contributed by atoms with van der Waals surface area (Å²) < 4.78 is 16.2. The van der Waals surface area contributed by atoms with Gasteiger partial charge < -0.3 is 0 Å². The Balaban J connectivity index is 2.11. The fraction of sp³-hybridized carbons (Fsp3) is 0.250. The summed E-state index contributed by atoms with van der Waals surface area (Å²) in [5.41, 5.74) is 3.68. The van der Waals surface area contributed by atoms with Gasteiger partial charge in [0, 0.05) is 17.7 Å². The third kappa shape index (κ3) is 3.36. The van der Waals surface area contributed by atoms with Crippen molar-refractivity contribution < 1.29 is 4.39 Å². The van der Waals surface area contributed by atoms with E-state index in [1.165, 1.54) is 17.8 Å². The van der Waals surface area contributed by atoms with Crippen molar-refractivity contribution in [3.8, 4) is 0 Å². The SMILES string of the molecule is Cn1ncc(Br)c1C(CSc1ccccc1F)NN. The highest BCUT2D eigenvalue weighted by molar-refractivity contribution is 9.10. The van der Waals surface area contributed by atoms with Gasteiger partial charge in [-0.2, -0.15) is 5.10 Å². The maximum atomic E-state index is 13.5. The Morgan fingerprint density at radius 3 is 2.84 bits per heavy atom. The zero-order valence-electron chi connectivity index (χ0n) is 10.3. The smallest absolute Gasteiger partial charge is 0.136 e. The highest BCUT2D eigenvalue weighted by Crippen LogP contribution is 2.29. The standard InChI is InChI=1S/C12H14BrFN4S/c1-18-12(8(13)6-16-18)10(17-15)7-19-11-5-3-2-4-9(11)14/h2-6,10,17H,7,15H2,1H3. The summed E-state index contributed by atoms with van der Waals surface area (Å²) in [4.78, 5) is 0.612. The van der Waals surface area contributed by atoms with E-state index in [-0.39, 0.29) is 11.9 Å². The first kappa shape index (κ1) is 14.5. The van der Waals surface area contributed by atoms with E-state index in [0.29, 0.717) is 10.6 Å². The molecule has 7 heteroatoms. The maximum absolute atomic E-state index is 13.5. The minimum atomic E-state index is -0.215. The van der Waals surface area contributed by atoms with Crippen molar-refractivity contribution in [2.75, 3.05) is 5.75 Å². The first-order valence-electron chi connectivity index (χ1n) is 5.64. The van der Waals surface area contributed by atoms with Crippen molar-refractivity contribution in [3.05, 3.63) is 46.4 Å². The molecule has 1 heterocycles. The van der Waals surface area contributed by atoms with Crippen LogP contribution in [0.15, 0.2) is 39.8 Å². The molecule has 0 fully saturated rings. The van der Waals surface area contributed by atoms with Gasteiger partial charge >= 0.3 is 0 Å². The van der Waals surface area contributed by atoms with Gasteiger partial charge in [0.1, 0.15) is 5.82 Å². The van der Waals surface area contributed by atoms with Crippen LogP contribution in [-0.2, 0) is 7.05 Å². The van der Waals surface area contributed by atoms with Crippen LogP contribution in [0, 0.1) is 5.82 Å². The molecule has 19 heavy (non-hydrogen) atoms. The Bertz CT molecular complexity index is 541. The van der Waals surface area contributed by atoms with Gasteiger partial charge in [-0.15, -0.1) is 11.8 Å². The van der Waals surface area contributed by atoms with Gasteiger partial charge in [0.15, 0.2) is 0 Å². The number of hydrazine groups is 1. The number of aromatic nitrogens is 2. The first-order chi connectivity index (χ1) is 9.13. The average Bonchev–Trinajstić information content (AvgIpc) is 2.73. The lowest BCUT2D eigenvalue weighted by Crippen LogP contribution is -2.31. The van der Waals surface area contributed by atoms with Crippen LogP contribution < -0.4 is 11.3 Å². The van der Waals surface area contributed by atoms with Gasteiger partial charge in [-0.1, -0.05) is 12.1 Å². The monoisotopic (exact) mass is 344 g/mol. The van der Waals surface area contributed by atoms with E-state index in [2.05, 4.69) is 26.5 Å². The zero-order chi connectivity index (χ0) is 13.8. The molecule has 2 rings (SSSR count). The van der Waals surface area contributed by atoms with E-state index in [1.54, 1.807) is 23.0 Å². The lowest BCUT2D eigenvalue weighted by molar-refractivity contribution is 0.551. The Morgan fingerprint density at radius 1 is 1.53 bits per heavy atom. The predicted molar refractivity (Wildman–Crippen MR) is 78.1 cm³/mol. The van der Waals surface area contributed by atoms with E-state index in [4.69, 9.17) is 5.84 Å². The minimum absolute atomic E-state index is 0.119. The summed E-state index contributed by atoms with van der Waals surface area (Å²) in [7, 11) is 1.85. The third-order valence-corrected chi connectivity index (χ3v) is 4.46. The Hall–Kier alpha value is -0.890. The summed E-state index contributed by atoms with van der Waals surface area (Å²) in [6.07, 6.45) is 1.72. The van der Waals surface area contributed by atoms with Gasteiger partial charge in [-0.25, -0.2) is 4.39 Å². The van der Waals surface area contributed by atoms with Gasteiger partial charge in [0.2, 0.25) is 0 Å². The van der Waals surface area contributed by atoms with Crippen LogP contribution in [-0.4, -0.2) is 15.5 Å². The Morgan fingerprint density at radius 2 is 2.26 bits per heavy atom. The van der Waals surface area contributed by atoms with Crippen LogP contribution in [0.5, 0.6) is 0 Å². The number of thioether (sulfide) groups is 1. The molecule has 0 aliphatic rings.